The highest BCUT2D eigenvalue weighted by atomic mass is 16.5. The van der Waals surface area contributed by atoms with E-state index in [0.29, 0.717) is 12.0 Å². The molecule has 0 bridgehead atoms. The highest BCUT2D eigenvalue weighted by Crippen LogP contribution is 2.56. The van der Waals surface area contributed by atoms with E-state index in [1.54, 1.807) is 13.0 Å². The number of hydrogen-bond donors (Lipinski definition) is 6. The Morgan fingerprint density at radius 2 is 1.83 bits per heavy atom. The molecule has 0 spiro atoms. The van der Waals surface area contributed by atoms with Crippen molar-refractivity contribution in [2.75, 3.05) is 20.7 Å². The fraction of sp³-hybridized carbons (Fsp3) is 0.448. The van der Waals surface area contributed by atoms with Gasteiger partial charge in [0.15, 0.2) is 11.4 Å². The second-order valence-corrected chi connectivity index (χ2v) is 10.9. The van der Waals surface area contributed by atoms with Crippen molar-refractivity contribution in [1.29, 1.82) is 0 Å². The second-order valence-electron chi connectivity index (χ2n) is 10.9. The van der Waals surface area contributed by atoms with E-state index >= 15 is 0 Å². The molecule has 1 amide bonds. The summed E-state index contributed by atoms with van der Waals surface area (Å²) in [5, 5.41) is 56.8. The first-order valence-electron chi connectivity index (χ1n) is 13.2. The number of phenolic OH excluding ortho intramolecular Hbond substituents is 1. The summed E-state index contributed by atoms with van der Waals surface area (Å²) in [5.41, 5.74) is 1.17. The van der Waals surface area contributed by atoms with Crippen molar-refractivity contribution in [2.45, 2.75) is 50.4 Å². The summed E-state index contributed by atoms with van der Waals surface area (Å²) in [6, 6.07) is 1.63. The number of carbonyl (C=O) groups is 4. The lowest BCUT2D eigenvalue weighted by atomic mass is 9.54. The van der Waals surface area contributed by atoms with Crippen LogP contribution in [0.3, 0.4) is 0 Å². The van der Waals surface area contributed by atoms with Gasteiger partial charge < -0.3 is 36.0 Å². The lowest BCUT2D eigenvalue weighted by Crippen LogP contribution is -2.70. The lowest BCUT2D eigenvalue weighted by Gasteiger charge is -2.53. The van der Waals surface area contributed by atoms with Gasteiger partial charge in [0.2, 0.25) is 5.78 Å². The molecule has 1 fully saturated rings. The Bertz CT molecular complexity index is 1420. The van der Waals surface area contributed by atoms with Crippen molar-refractivity contribution >= 4 is 35.3 Å². The molecule has 1 saturated carbocycles. The number of aromatic hydroxyl groups is 1. The number of likely N-dealkylation sites (N-methyl/N-ethyl adjacent to an activating group) is 1. The van der Waals surface area contributed by atoms with Crippen LogP contribution in [-0.4, -0.2) is 92.3 Å². The maximum absolute atomic E-state index is 14.0. The Morgan fingerprint density at radius 3 is 2.41 bits per heavy atom. The number of unbranched alkanes of at least 4 members (excludes halogenated alkanes) is 1. The number of hydrogen-bond acceptors (Lipinski definition) is 11. The standard InChI is InChI=1S/C29H34N2O10/c1-5-6-11-41-15(32)10-8-13-7-9-14-12(2)16-18(23(34)17(14)22(13)33)26(37)29(40)20(24(16)35)21(31(3)4)25(36)19(27(29)38)28(30)39/h7-10,12,16,20-21,24,33-35,38,40H,5-6,11H2,1-4H3,(H2,30,39)/b10-8+/t12-,16-,20+,21+,24-,29-/m1/s1. The van der Waals surface area contributed by atoms with E-state index in [1.807, 2.05) is 6.92 Å². The highest BCUT2D eigenvalue weighted by Gasteiger charge is 2.68. The maximum Gasteiger partial charge on any atom is 0.330 e. The van der Waals surface area contributed by atoms with Crippen molar-refractivity contribution in [1.82, 2.24) is 4.90 Å². The zero-order valence-corrected chi connectivity index (χ0v) is 23.1. The number of nitrogens with zero attached hydrogens (tertiary/aromatic N) is 1. The molecule has 0 unspecified atom stereocenters. The zero-order valence-electron chi connectivity index (χ0n) is 23.1. The highest BCUT2D eigenvalue weighted by molar-refractivity contribution is 6.24. The number of primary amides is 1. The first-order chi connectivity index (χ1) is 19.2. The van der Waals surface area contributed by atoms with Gasteiger partial charge in [-0.15, -0.1) is 0 Å². The molecule has 12 heteroatoms. The van der Waals surface area contributed by atoms with Gasteiger partial charge >= 0.3 is 5.97 Å². The summed E-state index contributed by atoms with van der Waals surface area (Å²) in [7, 11) is 2.88. The van der Waals surface area contributed by atoms with E-state index < -0.39 is 87.4 Å². The number of ether oxygens (including phenoxy) is 1. The summed E-state index contributed by atoms with van der Waals surface area (Å²) in [6.07, 6.45) is 2.23. The van der Waals surface area contributed by atoms with E-state index in [4.69, 9.17) is 10.5 Å². The van der Waals surface area contributed by atoms with E-state index in [1.165, 1.54) is 31.1 Å². The first kappa shape index (κ1) is 30.0. The number of benzene rings is 1. The average molecular weight is 571 g/mol. The largest absolute Gasteiger partial charge is 0.508 e. The first-order valence-corrected chi connectivity index (χ1v) is 13.2. The third-order valence-corrected chi connectivity index (χ3v) is 8.30. The molecule has 0 aromatic heterocycles. The Hall–Kier alpha value is -4.00. The van der Waals surface area contributed by atoms with Crippen LogP contribution in [0.25, 0.3) is 11.8 Å². The van der Waals surface area contributed by atoms with Crippen LogP contribution in [-0.2, 0) is 23.9 Å². The SMILES string of the molecule is CCCCOC(=O)/C=C/c1ccc2c(c1O)C(O)=C1C(=O)[C@@]3(O)C(O)=C(C(N)=O)C(=O)[C@@H](N(C)C)[C@H]3[C@H](O)[C@@H]1[C@@H]2C. The van der Waals surface area contributed by atoms with Crippen molar-refractivity contribution < 1.29 is 49.4 Å². The number of carbonyl (C=O) groups excluding carboxylic acids is 4. The molecule has 0 heterocycles. The molecule has 0 aliphatic heterocycles. The van der Waals surface area contributed by atoms with Gasteiger partial charge in [-0.1, -0.05) is 32.4 Å². The van der Waals surface area contributed by atoms with Gasteiger partial charge in [0, 0.05) is 23.1 Å². The third kappa shape index (κ3) is 4.42. The molecule has 12 nitrogen and oxygen atoms in total. The smallest absolute Gasteiger partial charge is 0.330 e. The van der Waals surface area contributed by atoms with E-state index in [2.05, 4.69) is 0 Å². The minimum absolute atomic E-state index is 0.115. The van der Waals surface area contributed by atoms with Crippen LogP contribution in [0.5, 0.6) is 5.75 Å². The summed E-state index contributed by atoms with van der Waals surface area (Å²) in [4.78, 5) is 52.6. The number of nitrogens with two attached hydrogens (primary N) is 1. The summed E-state index contributed by atoms with van der Waals surface area (Å²) in [6.45, 7) is 3.81. The molecular weight excluding hydrogens is 536 g/mol. The van der Waals surface area contributed by atoms with Crippen molar-refractivity contribution in [2.24, 2.45) is 17.6 Å². The number of aliphatic hydroxyl groups is 4. The van der Waals surface area contributed by atoms with Crippen LogP contribution in [0.4, 0.5) is 0 Å². The molecule has 3 aliphatic rings. The van der Waals surface area contributed by atoms with Crippen LogP contribution >= 0.6 is 0 Å². The molecule has 3 aliphatic carbocycles. The molecule has 41 heavy (non-hydrogen) atoms. The number of amides is 1. The monoisotopic (exact) mass is 570 g/mol. The van der Waals surface area contributed by atoms with E-state index in [9.17, 15) is 44.7 Å². The number of esters is 1. The van der Waals surface area contributed by atoms with Crippen molar-refractivity contribution in [3.05, 3.63) is 51.8 Å². The minimum Gasteiger partial charge on any atom is -0.508 e. The van der Waals surface area contributed by atoms with Gasteiger partial charge in [0.05, 0.1) is 30.2 Å². The van der Waals surface area contributed by atoms with Crippen LogP contribution < -0.4 is 5.73 Å². The van der Waals surface area contributed by atoms with E-state index in [0.717, 1.165) is 12.5 Å². The third-order valence-electron chi connectivity index (χ3n) is 8.30. The molecule has 220 valence electrons. The van der Waals surface area contributed by atoms with Crippen LogP contribution in [0, 0.1) is 11.8 Å². The van der Waals surface area contributed by atoms with Crippen molar-refractivity contribution in [3.8, 4) is 5.75 Å². The molecule has 1 aromatic rings. The predicted octanol–water partition coefficient (Wildman–Crippen LogP) is 0.852. The fourth-order valence-electron chi connectivity index (χ4n) is 6.29. The molecule has 1 aromatic carbocycles. The Balaban J connectivity index is 1.89. The summed E-state index contributed by atoms with van der Waals surface area (Å²) < 4.78 is 5.07. The predicted molar refractivity (Wildman–Crippen MR) is 145 cm³/mol. The molecule has 6 atom stereocenters. The molecule has 0 radical (unpaired) electrons. The number of Topliss-reactive ketones (excluding diaryl/α,β-unsaturated/α-hetero) is 2. The van der Waals surface area contributed by atoms with E-state index in [-0.39, 0.29) is 17.7 Å². The zero-order chi connectivity index (χ0) is 30.5. The van der Waals surface area contributed by atoms with Crippen LogP contribution in [0.1, 0.15) is 49.3 Å². The Morgan fingerprint density at radius 1 is 1.17 bits per heavy atom. The van der Waals surface area contributed by atoms with Crippen LogP contribution in [0.2, 0.25) is 0 Å². The molecule has 7 N–H and O–H groups in total. The van der Waals surface area contributed by atoms with Gasteiger partial charge in [-0.3, -0.25) is 19.3 Å². The van der Waals surface area contributed by atoms with Gasteiger partial charge in [0.25, 0.3) is 5.91 Å². The van der Waals surface area contributed by atoms with Crippen molar-refractivity contribution in [3.63, 3.8) is 0 Å². The minimum atomic E-state index is -2.99. The molecular formula is C29H34N2O10. The summed E-state index contributed by atoms with van der Waals surface area (Å²) in [5.74, 6) is -10.3. The Kier molecular flexibility index (Phi) is 7.87. The van der Waals surface area contributed by atoms with Crippen LogP contribution in [0.15, 0.2) is 35.1 Å². The summed E-state index contributed by atoms with van der Waals surface area (Å²) >= 11 is 0. The Labute approximate surface area is 236 Å². The quantitative estimate of drug-likeness (QED) is 0.117. The fourth-order valence-corrected chi connectivity index (χ4v) is 6.29. The van der Waals surface area contributed by atoms with Gasteiger partial charge in [0.1, 0.15) is 22.8 Å². The molecule has 0 saturated heterocycles. The number of phenols is 1. The topological polar surface area (TPSA) is 208 Å². The molecule has 4 rings (SSSR count). The number of aliphatic hydroxyl groups excluding tert-OH is 3. The van der Waals surface area contributed by atoms with Gasteiger partial charge in [-0.25, -0.2) is 4.79 Å². The number of ketones is 2. The lowest BCUT2D eigenvalue weighted by molar-refractivity contribution is -0.169. The maximum atomic E-state index is 14.0. The normalized spacial score (nSPS) is 29.5. The number of fused-ring (bicyclic) bond motifs is 3. The van der Waals surface area contributed by atoms with Gasteiger partial charge in [-0.2, -0.15) is 0 Å². The second kappa shape index (κ2) is 10.8. The van der Waals surface area contributed by atoms with Gasteiger partial charge in [-0.05, 0) is 38.1 Å². The average Bonchev–Trinajstić information content (AvgIpc) is 2.90. The number of rotatable bonds is 7.